The highest BCUT2D eigenvalue weighted by molar-refractivity contribution is 7.80. The van der Waals surface area contributed by atoms with Crippen molar-refractivity contribution in [2.45, 2.75) is 65.2 Å². The normalized spacial score (nSPS) is 28.3. The molecule has 160 valence electrons. The third kappa shape index (κ3) is 4.81. The predicted molar refractivity (Wildman–Crippen MR) is 97.8 cm³/mol. The highest BCUT2D eigenvalue weighted by Crippen LogP contribution is 2.36. The SMILES string of the molecule is CC(=O)O[C@@H]1[C@@H](OC(C)=O)[C@@H](OC(C)=O)N2C(=S)N(C(C)=O)C[C@@H]2[C@H]1OC(C)=O. The largest absolute Gasteiger partial charge is 0.456 e. The Balaban J connectivity index is 2.61. The maximum Gasteiger partial charge on any atom is 0.304 e. The summed E-state index contributed by atoms with van der Waals surface area (Å²) in [6.07, 6.45) is -5.09. The first-order valence-electron chi connectivity index (χ1n) is 8.73. The molecule has 12 heteroatoms. The Labute approximate surface area is 172 Å². The summed E-state index contributed by atoms with van der Waals surface area (Å²) in [5.74, 6) is -3.28. The molecule has 11 nitrogen and oxygen atoms in total. The van der Waals surface area contributed by atoms with Crippen molar-refractivity contribution in [3.63, 3.8) is 0 Å². The Kier molecular flexibility index (Phi) is 6.77. The molecule has 29 heavy (non-hydrogen) atoms. The molecule has 2 saturated heterocycles. The fraction of sp³-hybridized carbons (Fsp3) is 0.647. The molecule has 0 aromatic heterocycles. The maximum atomic E-state index is 12.0. The van der Waals surface area contributed by atoms with Gasteiger partial charge in [-0.2, -0.15) is 0 Å². The van der Waals surface area contributed by atoms with Crippen LogP contribution in [0.25, 0.3) is 0 Å². The summed E-state index contributed by atoms with van der Waals surface area (Å²) in [6, 6.07) is -0.796. The van der Waals surface area contributed by atoms with Crippen LogP contribution in [0.15, 0.2) is 0 Å². The van der Waals surface area contributed by atoms with Gasteiger partial charge in [0.05, 0.1) is 12.6 Å². The number of thiocarbonyl (C=S) groups is 1. The van der Waals surface area contributed by atoms with Gasteiger partial charge in [-0.25, -0.2) is 0 Å². The molecule has 0 unspecified atom stereocenters. The Hall–Kier alpha value is -2.76. The van der Waals surface area contributed by atoms with Crippen molar-refractivity contribution in [2.75, 3.05) is 6.54 Å². The van der Waals surface area contributed by atoms with Gasteiger partial charge in [-0.05, 0) is 12.2 Å². The number of fused-ring (bicyclic) bond motifs is 1. The Morgan fingerprint density at radius 1 is 0.759 bits per heavy atom. The standard InChI is InChI=1S/C17H22N2O9S/c1-7(20)18-6-12-13(25-8(2)21)14(26-9(3)22)15(27-10(4)23)16(28-11(5)24)19(12)17(18)29/h12-16H,6H2,1-5H3/t12-,13-,14+,15-,16-/m1/s1. The number of ether oxygens (including phenoxy) is 4. The van der Waals surface area contributed by atoms with Gasteiger partial charge in [-0.3, -0.25) is 28.9 Å². The summed E-state index contributed by atoms with van der Waals surface area (Å²) in [5.41, 5.74) is 0. The van der Waals surface area contributed by atoms with E-state index >= 15 is 0 Å². The van der Waals surface area contributed by atoms with Gasteiger partial charge in [0.25, 0.3) is 0 Å². The van der Waals surface area contributed by atoms with Gasteiger partial charge in [-0.15, -0.1) is 0 Å². The quantitative estimate of drug-likeness (QED) is 0.325. The molecule has 5 atom stereocenters. The second-order valence-electron chi connectivity index (χ2n) is 6.61. The van der Waals surface area contributed by atoms with E-state index in [1.54, 1.807) is 0 Å². The lowest BCUT2D eigenvalue weighted by molar-refractivity contribution is -0.234. The summed E-state index contributed by atoms with van der Waals surface area (Å²) in [7, 11) is 0. The number of carbonyl (C=O) groups excluding carboxylic acids is 5. The smallest absolute Gasteiger partial charge is 0.304 e. The van der Waals surface area contributed by atoms with Crippen molar-refractivity contribution in [1.82, 2.24) is 9.80 Å². The third-order valence-corrected chi connectivity index (χ3v) is 4.76. The molecule has 0 bridgehead atoms. The van der Waals surface area contributed by atoms with Crippen LogP contribution in [0.1, 0.15) is 34.6 Å². The van der Waals surface area contributed by atoms with Crippen molar-refractivity contribution in [3.05, 3.63) is 0 Å². The minimum Gasteiger partial charge on any atom is -0.456 e. The van der Waals surface area contributed by atoms with E-state index in [4.69, 9.17) is 31.2 Å². The zero-order chi connectivity index (χ0) is 22.0. The fourth-order valence-electron chi connectivity index (χ4n) is 3.46. The van der Waals surface area contributed by atoms with Crippen molar-refractivity contribution in [3.8, 4) is 0 Å². The van der Waals surface area contributed by atoms with Crippen LogP contribution in [0.5, 0.6) is 0 Å². The van der Waals surface area contributed by atoms with Crippen LogP contribution in [0, 0.1) is 0 Å². The van der Waals surface area contributed by atoms with Gasteiger partial charge in [0.2, 0.25) is 12.1 Å². The van der Waals surface area contributed by atoms with Gasteiger partial charge in [0, 0.05) is 34.6 Å². The van der Waals surface area contributed by atoms with E-state index in [0.29, 0.717) is 0 Å². The summed E-state index contributed by atoms with van der Waals surface area (Å²) in [5, 5.41) is 0.00401. The molecule has 0 aliphatic carbocycles. The van der Waals surface area contributed by atoms with Crippen LogP contribution in [0.2, 0.25) is 0 Å². The molecule has 0 spiro atoms. The Bertz CT molecular complexity index is 755. The highest BCUT2D eigenvalue weighted by atomic mass is 32.1. The summed E-state index contributed by atoms with van der Waals surface area (Å²) in [4.78, 5) is 61.5. The molecule has 0 saturated carbocycles. The average molecular weight is 430 g/mol. The minimum atomic E-state index is -1.36. The Morgan fingerprint density at radius 3 is 1.66 bits per heavy atom. The lowest BCUT2D eigenvalue weighted by Crippen LogP contribution is -2.69. The number of hydrogen-bond acceptors (Lipinski definition) is 10. The van der Waals surface area contributed by atoms with Gasteiger partial charge in [-0.1, -0.05) is 0 Å². The predicted octanol–water partition coefficient (Wildman–Crippen LogP) is -0.498. The van der Waals surface area contributed by atoms with E-state index in [1.807, 2.05) is 0 Å². The van der Waals surface area contributed by atoms with E-state index in [1.165, 1.54) is 16.7 Å². The molecule has 2 aliphatic heterocycles. The van der Waals surface area contributed by atoms with Crippen molar-refractivity contribution in [1.29, 1.82) is 0 Å². The van der Waals surface area contributed by atoms with Gasteiger partial charge >= 0.3 is 23.9 Å². The second kappa shape index (κ2) is 8.72. The molecule has 0 aromatic rings. The molecule has 2 aliphatic rings. The topological polar surface area (TPSA) is 129 Å². The van der Waals surface area contributed by atoms with E-state index in [0.717, 1.165) is 27.7 Å². The van der Waals surface area contributed by atoms with Gasteiger partial charge in [0.15, 0.2) is 23.4 Å². The van der Waals surface area contributed by atoms with Gasteiger partial charge in [0.1, 0.15) is 0 Å². The lowest BCUT2D eigenvalue weighted by Gasteiger charge is -2.47. The zero-order valence-electron chi connectivity index (χ0n) is 16.6. The average Bonchev–Trinajstić information content (AvgIpc) is 2.90. The van der Waals surface area contributed by atoms with Gasteiger partial charge < -0.3 is 23.8 Å². The molecule has 0 aromatic carbocycles. The number of amides is 1. The molecular weight excluding hydrogens is 408 g/mol. The number of piperidine rings is 1. The van der Waals surface area contributed by atoms with E-state index in [-0.39, 0.29) is 17.6 Å². The van der Waals surface area contributed by atoms with Crippen molar-refractivity contribution in [2.24, 2.45) is 0 Å². The summed E-state index contributed by atoms with van der Waals surface area (Å²) >= 11 is 5.36. The summed E-state index contributed by atoms with van der Waals surface area (Å²) < 4.78 is 21.3. The molecule has 0 radical (unpaired) electrons. The first kappa shape index (κ1) is 22.5. The van der Waals surface area contributed by atoms with E-state index in [2.05, 4.69) is 0 Å². The zero-order valence-corrected chi connectivity index (χ0v) is 17.4. The van der Waals surface area contributed by atoms with E-state index in [9.17, 15) is 24.0 Å². The monoisotopic (exact) mass is 430 g/mol. The first-order valence-corrected chi connectivity index (χ1v) is 9.14. The molecule has 2 fully saturated rings. The van der Waals surface area contributed by atoms with Crippen LogP contribution >= 0.6 is 12.2 Å². The van der Waals surface area contributed by atoms with Crippen molar-refractivity contribution < 1.29 is 42.9 Å². The molecule has 1 amide bonds. The molecule has 0 N–H and O–H groups in total. The fourth-order valence-corrected chi connectivity index (χ4v) is 3.90. The van der Waals surface area contributed by atoms with Crippen LogP contribution in [0.3, 0.4) is 0 Å². The summed E-state index contributed by atoms with van der Waals surface area (Å²) in [6.45, 7) is 5.83. The first-order chi connectivity index (χ1) is 13.4. The van der Waals surface area contributed by atoms with Crippen LogP contribution < -0.4 is 0 Å². The maximum absolute atomic E-state index is 12.0. The third-order valence-electron chi connectivity index (χ3n) is 4.33. The number of rotatable bonds is 4. The lowest BCUT2D eigenvalue weighted by atomic mass is 9.92. The molecule has 2 rings (SSSR count). The Morgan fingerprint density at radius 2 is 1.21 bits per heavy atom. The highest BCUT2D eigenvalue weighted by Gasteiger charge is 2.60. The minimum absolute atomic E-state index is 0.00401. The second-order valence-corrected chi connectivity index (χ2v) is 6.97. The number of nitrogens with zero attached hydrogens (tertiary/aromatic N) is 2. The number of hydrogen-bond donors (Lipinski definition) is 0. The van der Waals surface area contributed by atoms with E-state index < -0.39 is 54.5 Å². The number of carbonyl (C=O) groups is 5. The molecular formula is C17H22N2O9S. The molecule has 2 heterocycles. The van der Waals surface area contributed by atoms with Crippen molar-refractivity contribution >= 4 is 47.1 Å². The van der Waals surface area contributed by atoms with Crippen LogP contribution in [-0.4, -0.2) is 81.8 Å². The van der Waals surface area contributed by atoms with Crippen LogP contribution in [-0.2, 0) is 42.9 Å². The number of esters is 4. The van der Waals surface area contributed by atoms with Crippen LogP contribution in [0.4, 0.5) is 0 Å².